The second-order valence-electron chi connectivity index (χ2n) is 25.3. The molecule has 26 heteroatoms. The lowest BCUT2D eigenvalue weighted by Gasteiger charge is -2.32. The Balaban J connectivity index is 0.000000144. The second kappa shape index (κ2) is 25.8. The van der Waals surface area contributed by atoms with E-state index in [1.165, 1.54) is 62.6 Å². The van der Waals surface area contributed by atoms with Gasteiger partial charge >= 0.3 is 7.12 Å². The molecule has 3 aliphatic heterocycles. The van der Waals surface area contributed by atoms with Gasteiger partial charge in [0.15, 0.2) is 37.6 Å². The standard InChI is InChI=1S/C34H26FN3O6S.C25H29BFNO6S.C15H9ClN2O2/c1-4-29(40)32-24-14-23(27(37(2)45(3,41)42)16-31(24)44-34(32)19-8-10-21(35)11-9-19)25-12-13-30-33(36-25)28-15-22-20(17-39)6-5-7-26(22)38(28)18-43-30;1-8-20(29)22-17-13-18(26-33-24(2,3)25(4,5)34-26)19(28(6)35(7,30)31)14-21(17)32-23(22)15-9-11-16(27)12-10-15;16-14-5-4-13-15(17-14)12-6-10-9(7-19)2-1-3-11(10)18(12)8-20-13/h5-17H,4,18H2,1-3H3;9-14H,8H2,1-7H3;1-7H,8H2. The summed E-state index contributed by atoms with van der Waals surface area (Å²) in [4.78, 5) is 58.6. The Morgan fingerprint density at radius 1 is 0.580 bits per heavy atom. The van der Waals surface area contributed by atoms with Crippen LogP contribution in [0.4, 0.5) is 20.2 Å². The van der Waals surface area contributed by atoms with Crippen molar-refractivity contribution in [3.63, 3.8) is 0 Å². The maximum atomic E-state index is 13.7. The topological polar surface area (TPSA) is 242 Å². The molecular formula is C74H64BClF2N6O14S2. The molecule has 9 heterocycles. The van der Waals surface area contributed by atoms with Crippen LogP contribution in [0.3, 0.4) is 0 Å². The molecule has 1 saturated heterocycles. The molecule has 0 radical (unpaired) electrons. The highest BCUT2D eigenvalue weighted by Crippen LogP contribution is 2.46. The molecule has 6 aromatic carbocycles. The Hall–Kier alpha value is -10.3. The number of hydrogen-bond donors (Lipinski definition) is 0. The van der Waals surface area contributed by atoms with Gasteiger partial charge in [-0.3, -0.25) is 27.8 Å². The first-order valence-electron chi connectivity index (χ1n) is 31.6. The average Bonchev–Trinajstić information content (AvgIpc) is 1.60. The number of sulfonamides is 2. The lowest BCUT2D eigenvalue weighted by Crippen LogP contribution is -2.41. The van der Waals surface area contributed by atoms with Gasteiger partial charge in [0, 0.05) is 93.9 Å². The van der Waals surface area contributed by atoms with Crippen LogP contribution in [0, 0.1) is 11.6 Å². The van der Waals surface area contributed by atoms with Crippen molar-refractivity contribution >= 4 is 123 Å². The molecule has 15 rings (SSSR count). The summed E-state index contributed by atoms with van der Waals surface area (Å²) in [6, 6.07) is 39.8. The van der Waals surface area contributed by atoms with Crippen molar-refractivity contribution in [1.29, 1.82) is 0 Å². The number of hydrogen-bond acceptors (Lipinski definition) is 16. The predicted molar refractivity (Wildman–Crippen MR) is 381 cm³/mol. The van der Waals surface area contributed by atoms with Gasteiger partial charge < -0.3 is 36.8 Å². The minimum absolute atomic E-state index is 0.160. The number of benzene rings is 6. The van der Waals surface area contributed by atoms with Crippen LogP contribution in [-0.4, -0.2) is 105 Å². The largest absolute Gasteiger partial charge is 0.497 e. The van der Waals surface area contributed by atoms with Crippen molar-refractivity contribution in [2.45, 2.75) is 79.0 Å². The van der Waals surface area contributed by atoms with E-state index in [2.05, 4.69) is 4.98 Å². The first-order chi connectivity index (χ1) is 47.5. The number of pyridine rings is 2. The lowest BCUT2D eigenvalue weighted by molar-refractivity contribution is 0.00578. The summed E-state index contributed by atoms with van der Waals surface area (Å²) in [5, 5.41) is 3.06. The van der Waals surface area contributed by atoms with Crippen molar-refractivity contribution in [2.24, 2.45) is 0 Å². The molecule has 6 aromatic heterocycles. The van der Waals surface area contributed by atoms with E-state index in [0.29, 0.717) is 118 Å². The summed E-state index contributed by atoms with van der Waals surface area (Å²) >= 11 is 5.97. The molecule has 20 nitrogen and oxygen atoms in total. The second-order valence-corrected chi connectivity index (χ2v) is 29.7. The maximum Gasteiger partial charge on any atom is 0.497 e. The fourth-order valence-electron chi connectivity index (χ4n) is 12.4. The molecule has 1 fully saturated rings. The number of carbonyl (C=O) groups is 4. The van der Waals surface area contributed by atoms with Gasteiger partial charge in [0.1, 0.15) is 62.4 Å². The molecule has 0 atom stereocenters. The third-order valence-electron chi connectivity index (χ3n) is 18.6. The van der Waals surface area contributed by atoms with Gasteiger partial charge in [-0.25, -0.2) is 35.6 Å². The van der Waals surface area contributed by atoms with Crippen LogP contribution in [0.2, 0.25) is 5.15 Å². The van der Waals surface area contributed by atoms with Crippen molar-refractivity contribution < 1.29 is 72.4 Å². The Labute approximate surface area is 578 Å². The third-order valence-corrected chi connectivity index (χ3v) is 21.2. The lowest BCUT2D eigenvalue weighted by atomic mass is 9.76. The third kappa shape index (κ3) is 12.2. The smallest absolute Gasteiger partial charge is 0.470 e. The van der Waals surface area contributed by atoms with Crippen LogP contribution in [0.5, 0.6) is 11.5 Å². The Morgan fingerprint density at radius 2 is 1.02 bits per heavy atom. The number of ether oxygens (including phenoxy) is 2. The quantitative estimate of drug-likeness (QED) is 0.0425. The Morgan fingerprint density at radius 3 is 1.48 bits per heavy atom. The summed E-state index contributed by atoms with van der Waals surface area (Å²) in [5.41, 5.74) is 8.79. The predicted octanol–water partition coefficient (Wildman–Crippen LogP) is 15.1. The number of carbonyl (C=O) groups excluding carboxylic acids is 4. The zero-order chi connectivity index (χ0) is 71.2. The normalized spacial score (nSPS) is 14.2. The monoisotopic (exact) mass is 1410 g/mol. The van der Waals surface area contributed by atoms with Crippen molar-refractivity contribution in [3.8, 4) is 68.2 Å². The van der Waals surface area contributed by atoms with Crippen molar-refractivity contribution in [1.82, 2.24) is 19.1 Å². The molecule has 0 bridgehead atoms. The molecule has 12 aromatic rings. The van der Waals surface area contributed by atoms with Crippen LogP contribution in [-0.2, 0) is 42.8 Å². The van der Waals surface area contributed by atoms with Gasteiger partial charge in [-0.2, -0.15) is 0 Å². The molecule has 3 aliphatic rings. The zero-order valence-electron chi connectivity index (χ0n) is 55.8. The van der Waals surface area contributed by atoms with Crippen LogP contribution < -0.4 is 23.5 Å². The molecule has 0 N–H and O–H groups in total. The minimum atomic E-state index is -3.73. The Bertz CT molecular complexity index is 5600. The molecule has 0 spiro atoms. The van der Waals surface area contributed by atoms with Gasteiger partial charge in [-0.05, 0) is 137 Å². The molecule has 0 aliphatic carbocycles. The van der Waals surface area contributed by atoms with Crippen LogP contribution in [0.1, 0.15) is 95.8 Å². The fourth-order valence-corrected chi connectivity index (χ4v) is 13.6. The summed E-state index contributed by atoms with van der Waals surface area (Å²) in [5.74, 6) is 0.615. The highest BCUT2D eigenvalue weighted by Gasteiger charge is 2.53. The van der Waals surface area contributed by atoms with Crippen molar-refractivity contribution in [3.05, 3.63) is 185 Å². The van der Waals surface area contributed by atoms with E-state index in [-0.39, 0.29) is 42.6 Å². The number of aldehydes is 2. The maximum absolute atomic E-state index is 13.7. The number of nitrogens with zero attached hydrogens (tertiary/aromatic N) is 6. The molecular weight excluding hydrogens is 1350 g/mol. The van der Waals surface area contributed by atoms with E-state index >= 15 is 0 Å². The van der Waals surface area contributed by atoms with E-state index in [1.807, 2.05) is 79.3 Å². The highest BCUT2D eigenvalue weighted by molar-refractivity contribution is 7.92. The van der Waals surface area contributed by atoms with Crippen LogP contribution >= 0.6 is 11.6 Å². The summed E-state index contributed by atoms with van der Waals surface area (Å²) < 4.78 is 121. The first kappa shape index (κ1) is 68.2. The van der Waals surface area contributed by atoms with E-state index in [4.69, 9.17) is 44.2 Å². The number of ketones is 2. The molecule has 0 saturated carbocycles. The van der Waals surface area contributed by atoms with Gasteiger partial charge in [-0.1, -0.05) is 49.7 Å². The first-order valence-corrected chi connectivity index (χ1v) is 35.7. The number of rotatable bonds is 14. The van der Waals surface area contributed by atoms with Gasteiger partial charge in [0.05, 0.1) is 74.3 Å². The summed E-state index contributed by atoms with van der Waals surface area (Å²) in [6.45, 7) is 11.7. The van der Waals surface area contributed by atoms with E-state index in [1.54, 1.807) is 68.4 Å². The van der Waals surface area contributed by atoms with Gasteiger partial charge in [0.2, 0.25) is 20.0 Å². The van der Waals surface area contributed by atoms with Crippen molar-refractivity contribution in [2.75, 3.05) is 35.2 Å². The SMILES string of the molecule is CCC(=O)c1c(-c2ccc(F)cc2)oc2cc(N(C)S(C)(=O)=O)c(-c3ccc4c(n3)-c3cc5c(C=O)cccc5n3CO4)cc12.CCC(=O)c1c(-c2ccc(F)cc2)oc2cc(N(C)S(C)(=O)=O)c(B3OC(C)(C)C(C)(C)O3)cc12.O=Cc1cccc2c1cc1n2COc2ccc(Cl)nc2-1. The molecule has 0 unspecified atom stereocenters. The van der Waals surface area contributed by atoms with E-state index in [9.17, 15) is 44.8 Å². The van der Waals surface area contributed by atoms with E-state index in [0.717, 1.165) is 66.9 Å². The number of halogens is 3. The van der Waals surface area contributed by atoms with Gasteiger partial charge in [-0.15, -0.1) is 0 Å². The van der Waals surface area contributed by atoms with Crippen LogP contribution in [0.15, 0.2) is 154 Å². The molecule has 510 valence electrons. The summed E-state index contributed by atoms with van der Waals surface area (Å²) in [7, 11) is -5.38. The number of anilines is 2. The minimum Gasteiger partial charge on any atom is -0.470 e. The molecule has 0 amide bonds. The average molecular weight is 1410 g/mol. The number of aromatic nitrogens is 4. The summed E-state index contributed by atoms with van der Waals surface area (Å²) in [6.07, 6.45) is 4.27. The van der Waals surface area contributed by atoms with E-state index < -0.39 is 50.0 Å². The number of fused-ring (bicyclic) bond motifs is 12. The van der Waals surface area contributed by atoms with Crippen LogP contribution in [0.25, 0.3) is 100 Å². The number of furan rings is 2. The fraction of sp³-hybridized carbons (Fsp3) is 0.216. The highest BCUT2D eigenvalue weighted by atomic mass is 35.5. The van der Waals surface area contributed by atoms with Gasteiger partial charge in [0.25, 0.3) is 0 Å². The zero-order valence-corrected chi connectivity index (χ0v) is 58.2. The molecule has 100 heavy (non-hydrogen) atoms. The Kier molecular flexibility index (Phi) is 17.6. The number of Topliss-reactive ketones (excluding diaryl/α,β-unsaturated/α-hetero) is 2.